The molecule has 1 heterocycles. The Morgan fingerprint density at radius 1 is 0.862 bits per heavy atom. The third-order valence-electron chi connectivity index (χ3n) is 4.58. The Morgan fingerprint density at radius 2 is 1.59 bits per heavy atom. The summed E-state index contributed by atoms with van der Waals surface area (Å²) in [7, 11) is 0. The Bertz CT molecular complexity index is 980. The van der Waals surface area contributed by atoms with Crippen LogP contribution in [0, 0.1) is 5.41 Å². The summed E-state index contributed by atoms with van der Waals surface area (Å²) in [5, 5.41) is 5.95. The van der Waals surface area contributed by atoms with Gasteiger partial charge in [0.2, 0.25) is 0 Å². The molecule has 148 valence electrons. The SMILES string of the molecule is CC(C)(C)C(NC(=O)c1cccc(NC(=O)c2cccnc2)c1)c1ccccc1. The maximum atomic E-state index is 12.9. The van der Waals surface area contributed by atoms with Crippen molar-refractivity contribution in [2.45, 2.75) is 26.8 Å². The largest absolute Gasteiger partial charge is 0.345 e. The fourth-order valence-corrected chi connectivity index (χ4v) is 3.10. The minimum absolute atomic E-state index is 0.148. The van der Waals surface area contributed by atoms with Gasteiger partial charge in [0.25, 0.3) is 11.8 Å². The molecular weight excluding hydrogens is 362 g/mol. The van der Waals surface area contributed by atoms with Crippen molar-refractivity contribution in [2.75, 3.05) is 5.32 Å². The van der Waals surface area contributed by atoms with Crippen LogP contribution < -0.4 is 10.6 Å². The zero-order chi connectivity index (χ0) is 20.9. The third kappa shape index (κ3) is 5.29. The van der Waals surface area contributed by atoms with Gasteiger partial charge in [-0.15, -0.1) is 0 Å². The van der Waals surface area contributed by atoms with E-state index in [1.165, 1.54) is 6.20 Å². The molecule has 3 rings (SSSR count). The minimum Gasteiger partial charge on any atom is -0.345 e. The lowest BCUT2D eigenvalue weighted by atomic mass is 9.82. The van der Waals surface area contributed by atoms with Gasteiger partial charge in [0.1, 0.15) is 0 Å². The number of amides is 2. The van der Waals surface area contributed by atoms with Gasteiger partial charge in [0.05, 0.1) is 11.6 Å². The zero-order valence-electron chi connectivity index (χ0n) is 16.8. The summed E-state index contributed by atoms with van der Waals surface area (Å²) in [5.74, 6) is -0.459. The molecule has 0 fully saturated rings. The van der Waals surface area contributed by atoms with Crippen LogP contribution in [0.2, 0.25) is 0 Å². The van der Waals surface area contributed by atoms with E-state index in [1.54, 1.807) is 42.6 Å². The summed E-state index contributed by atoms with van der Waals surface area (Å²) in [6.07, 6.45) is 3.11. The number of hydrogen-bond acceptors (Lipinski definition) is 3. The molecule has 2 N–H and O–H groups in total. The standard InChI is InChI=1S/C24H25N3O2/c1-24(2,3)21(17-9-5-4-6-10-17)27-22(28)18-11-7-13-20(15-18)26-23(29)19-12-8-14-25-16-19/h4-16,21H,1-3H3,(H,26,29)(H,27,28). The molecule has 0 spiro atoms. The van der Waals surface area contributed by atoms with Gasteiger partial charge in [-0.25, -0.2) is 0 Å². The van der Waals surface area contributed by atoms with Crippen LogP contribution in [0.1, 0.15) is 53.1 Å². The maximum Gasteiger partial charge on any atom is 0.257 e. The fraction of sp³-hybridized carbons (Fsp3) is 0.208. The van der Waals surface area contributed by atoms with Crippen molar-refractivity contribution in [2.24, 2.45) is 5.41 Å². The molecule has 2 amide bonds. The van der Waals surface area contributed by atoms with Crippen LogP contribution in [0.3, 0.4) is 0 Å². The number of hydrogen-bond donors (Lipinski definition) is 2. The van der Waals surface area contributed by atoms with Crippen molar-refractivity contribution in [1.82, 2.24) is 10.3 Å². The molecule has 1 atom stereocenters. The maximum absolute atomic E-state index is 12.9. The van der Waals surface area contributed by atoms with Crippen LogP contribution in [-0.2, 0) is 0 Å². The van der Waals surface area contributed by atoms with Gasteiger partial charge in [0.15, 0.2) is 0 Å². The molecule has 0 saturated carbocycles. The van der Waals surface area contributed by atoms with E-state index < -0.39 is 0 Å². The Kier molecular flexibility index (Phi) is 6.07. The Balaban J connectivity index is 1.77. The molecule has 0 aliphatic carbocycles. The topological polar surface area (TPSA) is 71.1 Å². The number of carbonyl (C=O) groups is 2. The van der Waals surface area contributed by atoms with E-state index in [0.717, 1.165) is 5.56 Å². The predicted molar refractivity (Wildman–Crippen MR) is 115 cm³/mol. The molecule has 0 aliphatic heterocycles. The molecule has 3 aromatic rings. The first kappa shape index (κ1) is 20.3. The average Bonchev–Trinajstić information content (AvgIpc) is 2.72. The number of anilines is 1. The number of benzene rings is 2. The molecular formula is C24H25N3O2. The van der Waals surface area contributed by atoms with E-state index in [9.17, 15) is 9.59 Å². The Labute approximate surface area is 171 Å². The smallest absolute Gasteiger partial charge is 0.257 e. The Morgan fingerprint density at radius 3 is 2.24 bits per heavy atom. The van der Waals surface area contributed by atoms with Crippen LogP contribution in [0.5, 0.6) is 0 Å². The monoisotopic (exact) mass is 387 g/mol. The zero-order valence-corrected chi connectivity index (χ0v) is 16.8. The quantitative estimate of drug-likeness (QED) is 0.657. The first-order chi connectivity index (χ1) is 13.8. The molecule has 0 bridgehead atoms. The van der Waals surface area contributed by atoms with Crippen molar-refractivity contribution in [1.29, 1.82) is 0 Å². The predicted octanol–water partition coefficient (Wildman–Crippen LogP) is 4.85. The van der Waals surface area contributed by atoms with Crippen molar-refractivity contribution in [3.05, 3.63) is 95.8 Å². The molecule has 0 aliphatic rings. The summed E-state index contributed by atoms with van der Waals surface area (Å²) in [4.78, 5) is 29.2. The van der Waals surface area contributed by atoms with E-state index in [0.29, 0.717) is 16.8 Å². The lowest BCUT2D eigenvalue weighted by Crippen LogP contribution is -2.36. The number of nitrogens with zero attached hydrogens (tertiary/aromatic N) is 1. The van der Waals surface area contributed by atoms with Gasteiger partial charge >= 0.3 is 0 Å². The highest BCUT2D eigenvalue weighted by atomic mass is 16.2. The van der Waals surface area contributed by atoms with E-state index in [4.69, 9.17) is 0 Å². The van der Waals surface area contributed by atoms with Crippen molar-refractivity contribution >= 4 is 17.5 Å². The highest BCUT2D eigenvalue weighted by Gasteiger charge is 2.28. The molecule has 29 heavy (non-hydrogen) atoms. The second kappa shape index (κ2) is 8.69. The van der Waals surface area contributed by atoms with Crippen LogP contribution in [0.15, 0.2) is 79.1 Å². The molecule has 1 aromatic heterocycles. The normalized spacial score (nSPS) is 12.1. The van der Waals surface area contributed by atoms with Gasteiger partial charge in [-0.1, -0.05) is 57.2 Å². The van der Waals surface area contributed by atoms with E-state index >= 15 is 0 Å². The molecule has 5 nitrogen and oxygen atoms in total. The first-order valence-corrected chi connectivity index (χ1v) is 9.52. The number of pyridine rings is 1. The number of rotatable bonds is 5. The average molecular weight is 387 g/mol. The summed E-state index contributed by atoms with van der Waals surface area (Å²) in [6, 6.07) is 20.1. The highest BCUT2D eigenvalue weighted by molar-refractivity contribution is 6.05. The van der Waals surface area contributed by atoms with Gasteiger partial charge in [-0.2, -0.15) is 0 Å². The van der Waals surface area contributed by atoms with Crippen LogP contribution >= 0.6 is 0 Å². The van der Waals surface area contributed by atoms with Gasteiger partial charge in [0, 0.05) is 23.6 Å². The number of carbonyl (C=O) groups excluding carboxylic acids is 2. The first-order valence-electron chi connectivity index (χ1n) is 9.52. The summed E-state index contributed by atoms with van der Waals surface area (Å²) >= 11 is 0. The molecule has 0 saturated heterocycles. The third-order valence-corrected chi connectivity index (χ3v) is 4.58. The fourth-order valence-electron chi connectivity index (χ4n) is 3.10. The number of nitrogens with one attached hydrogen (secondary N) is 2. The van der Waals surface area contributed by atoms with E-state index in [2.05, 4.69) is 36.4 Å². The van der Waals surface area contributed by atoms with E-state index in [-0.39, 0.29) is 23.3 Å². The van der Waals surface area contributed by atoms with Crippen LogP contribution in [0.4, 0.5) is 5.69 Å². The second-order valence-corrected chi connectivity index (χ2v) is 7.96. The summed E-state index contributed by atoms with van der Waals surface area (Å²) in [6.45, 7) is 6.28. The van der Waals surface area contributed by atoms with Gasteiger partial charge in [-0.3, -0.25) is 14.6 Å². The molecule has 0 radical (unpaired) electrons. The molecule has 5 heteroatoms. The summed E-state index contributed by atoms with van der Waals surface area (Å²) in [5.41, 5.74) is 2.38. The van der Waals surface area contributed by atoms with E-state index in [1.807, 2.05) is 30.3 Å². The minimum atomic E-state index is -0.271. The highest BCUT2D eigenvalue weighted by Crippen LogP contribution is 2.33. The van der Waals surface area contributed by atoms with Crippen molar-refractivity contribution in [3.8, 4) is 0 Å². The van der Waals surface area contributed by atoms with Gasteiger partial charge < -0.3 is 10.6 Å². The molecule has 2 aromatic carbocycles. The summed E-state index contributed by atoms with van der Waals surface area (Å²) < 4.78 is 0. The van der Waals surface area contributed by atoms with Crippen molar-refractivity contribution in [3.63, 3.8) is 0 Å². The number of aromatic nitrogens is 1. The lowest BCUT2D eigenvalue weighted by Gasteiger charge is -2.32. The van der Waals surface area contributed by atoms with Crippen LogP contribution in [-0.4, -0.2) is 16.8 Å². The molecule has 1 unspecified atom stereocenters. The Hall–Kier alpha value is -3.47. The second-order valence-electron chi connectivity index (χ2n) is 7.96. The lowest BCUT2D eigenvalue weighted by molar-refractivity contribution is 0.0901. The van der Waals surface area contributed by atoms with Crippen molar-refractivity contribution < 1.29 is 9.59 Å². The van der Waals surface area contributed by atoms with Gasteiger partial charge in [-0.05, 0) is 41.3 Å². The van der Waals surface area contributed by atoms with Crippen LogP contribution in [0.25, 0.3) is 0 Å².